The van der Waals surface area contributed by atoms with E-state index in [2.05, 4.69) is 23.4 Å². The van der Waals surface area contributed by atoms with Crippen molar-refractivity contribution in [2.24, 2.45) is 0 Å². The smallest absolute Gasteiger partial charge is 0.144 e. The van der Waals surface area contributed by atoms with Crippen molar-refractivity contribution in [1.29, 1.82) is 0 Å². The quantitative estimate of drug-likeness (QED) is 0.630. The Morgan fingerprint density at radius 3 is 2.60 bits per heavy atom. The van der Waals surface area contributed by atoms with Crippen LogP contribution in [0, 0.1) is 5.82 Å². The maximum atomic E-state index is 13.8. The standard InChI is InChI=1S/C15H19Cl2FN2/c1-4-6-10(5-2)20-14-8-12(18)11(17)7-13(14)19-15(20)9(3)16/h7-10H,4-6H2,1-3H3. The van der Waals surface area contributed by atoms with E-state index in [0.29, 0.717) is 5.52 Å². The highest BCUT2D eigenvalue weighted by atomic mass is 35.5. The number of nitrogens with zero attached hydrogens (tertiary/aromatic N) is 2. The number of aromatic nitrogens is 2. The van der Waals surface area contributed by atoms with Gasteiger partial charge in [-0.05, 0) is 25.8 Å². The van der Waals surface area contributed by atoms with E-state index in [-0.39, 0.29) is 16.4 Å². The van der Waals surface area contributed by atoms with Crippen molar-refractivity contribution in [2.75, 3.05) is 0 Å². The van der Waals surface area contributed by atoms with Gasteiger partial charge in [0.1, 0.15) is 11.6 Å². The Morgan fingerprint density at radius 2 is 2.05 bits per heavy atom. The Morgan fingerprint density at radius 1 is 1.35 bits per heavy atom. The van der Waals surface area contributed by atoms with Gasteiger partial charge in [-0.25, -0.2) is 9.37 Å². The molecule has 1 aromatic heterocycles. The number of halogens is 3. The Labute approximate surface area is 128 Å². The van der Waals surface area contributed by atoms with Gasteiger partial charge in [0.25, 0.3) is 0 Å². The van der Waals surface area contributed by atoms with Crippen LogP contribution in [-0.4, -0.2) is 9.55 Å². The minimum absolute atomic E-state index is 0.0967. The molecule has 2 aromatic rings. The minimum atomic E-state index is -0.416. The molecule has 5 heteroatoms. The Kier molecular flexibility index (Phi) is 4.92. The zero-order valence-corrected chi connectivity index (χ0v) is 13.5. The Balaban J connectivity index is 2.70. The molecule has 0 radical (unpaired) electrons. The van der Waals surface area contributed by atoms with Crippen molar-refractivity contribution in [1.82, 2.24) is 9.55 Å². The summed E-state index contributed by atoms with van der Waals surface area (Å²) in [5.74, 6) is 0.365. The molecule has 1 heterocycles. The van der Waals surface area contributed by atoms with E-state index in [1.165, 1.54) is 6.07 Å². The summed E-state index contributed by atoms with van der Waals surface area (Å²) in [4.78, 5) is 4.55. The second-order valence-corrected chi connectivity index (χ2v) is 6.12. The lowest BCUT2D eigenvalue weighted by Crippen LogP contribution is -2.12. The van der Waals surface area contributed by atoms with Crippen LogP contribution in [0.2, 0.25) is 5.02 Å². The molecule has 0 aliphatic carbocycles. The van der Waals surface area contributed by atoms with Crippen molar-refractivity contribution in [3.05, 3.63) is 28.8 Å². The third kappa shape index (κ3) is 2.79. The molecule has 0 aliphatic heterocycles. The fourth-order valence-corrected chi connectivity index (χ4v) is 2.93. The fraction of sp³-hybridized carbons (Fsp3) is 0.533. The third-order valence-corrected chi connectivity index (χ3v) is 4.06. The molecule has 0 N–H and O–H groups in total. The third-order valence-electron chi connectivity index (χ3n) is 3.57. The van der Waals surface area contributed by atoms with Crippen LogP contribution < -0.4 is 0 Å². The van der Waals surface area contributed by atoms with E-state index in [4.69, 9.17) is 23.2 Å². The first-order valence-electron chi connectivity index (χ1n) is 7.00. The first kappa shape index (κ1) is 15.6. The van der Waals surface area contributed by atoms with Crippen LogP contribution >= 0.6 is 23.2 Å². The van der Waals surface area contributed by atoms with E-state index in [9.17, 15) is 4.39 Å². The summed E-state index contributed by atoms with van der Waals surface area (Å²) in [6, 6.07) is 3.32. The van der Waals surface area contributed by atoms with Crippen molar-refractivity contribution >= 4 is 34.2 Å². The molecule has 2 rings (SSSR count). The average molecular weight is 317 g/mol. The number of imidazole rings is 1. The second-order valence-electron chi connectivity index (χ2n) is 5.06. The molecule has 2 nitrogen and oxygen atoms in total. The summed E-state index contributed by atoms with van der Waals surface area (Å²) < 4.78 is 15.9. The van der Waals surface area contributed by atoms with Crippen LogP contribution in [0.4, 0.5) is 4.39 Å². The molecule has 0 amide bonds. The molecule has 0 saturated carbocycles. The molecule has 110 valence electrons. The zero-order valence-electron chi connectivity index (χ0n) is 12.0. The van der Waals surface area contributed by atoms with Gasteiger partial charge < -0.3 is 4.57 Å². The highest BCUT2D eigenvalue weighted by Gasteiger charge is 2.21. The second kappa shape index (κ2) is 6.31. The number of benzene rings is 1. The van der Waals surface area contributed by atoms with Crippen molar-refractivity contribution in [3.8, 4) is 0 Å². The summed E-state index contributed by atoms with van der Waals surface area (Å²) in [5.41, 5.74) is 1.48. The summed E-state index contributed by atoms with van der Waals surface area (Å²) in [6.07, 6.45) is 3.04. The minimum Gasteiger partial charge on any atom is -0.324 e. The van der Waals surface area contributed by atoms with Gasteiger partial charge in [0, 0.05) is 12.1 Å². The average Bonchev–Trinajstić information content (AvgIpc) is 2.75. The van der Waals surface area contributed by atoms with Gasteiger partial charge in [-0.15, -0.1) is 11.6 Å². The van der Waals surface area contributed by atoms with Gasteiger partial charge in [-0.2, -0.15) is 0 Å². The number of fused-ring (bicyclic) bond motifs is 1. The number of hydrogen-bond donors (Lipinski definition) is 0. The van der Waals surface area contributed by atoms with Crippen molar-refractivity contribution < 1.29 is 4.39 Å². The monoisotopic (exact) mass is 316 g/mol. The molecule has 20 heavy (non-hydrogen) atoms. The van der Waals surface area contributed by atoms with Crippen molar-refractivity contribution in [3.63, 3.8) is 0 Å². The molecular weight excluding hydrogens is 298 g/mol. The molecule has 0 spiro atoms. The van der Waals surface area contributed by atoms with Gasteiger partial charge in [0.05, 0.1) is 21.4 Å². The highest BCUT2D eigenvalue weighted by Crippen LogP contribution is 2.33. The van der Waals surface area contributed by atoms with Crippen molar-refractivity contribution in [2.45, 2.75) is 51.5 Å². The van der Waals surface area contributed by atoms with E-state index < -0.39 is 5.82 Å². The predicted molar refractivity (Wildman–Crippen MR) is 83.2 cm³/mol. The lowest BCUT2D eigenvalue weighted by molar-refractivity contribution is 0.443. The normalized spacial score (nSPS) is 14.7. The lowest BCUT2D eigenvalue weighted by Gasteiger charge is -2.20. The summed E-state index contributed by atoms with van der Waals surface area (Å²) in [5, 5.41) is -0.130. The number of rotatable bonds is 5. The first-order chi connectivity index (χ1) is 9.49. The topological polar surface area (TPSA) is 17.8 Å². The van der Waals surface area contributed by atoms with Crippen LogP contribution in [-0.2, 0) is 0 Å². The summed E-state index contributed by atoms with van der Waals surface area (Å²) >= 11 is 12.1. The molecule has 2 unspecified atom stereocenters. The van der Waals surface area contributed by atoms with Gasteiger partial charge in [0.2, 0.25) is 0 Å². The van der Waals surface area contributed by atoms with E-state index >= 15 is 0 Å². The number of hydrogen-bond acceptors (Lipinski definition) is 1. The van der Waals surface area contributed by atoms with Gasteiger partial charge in [-0.1, -0.05) is 31.9 Å². The van der Waals surface area contributed by atoms with Gasteiger partial charge in [-0.3, -0.25) is 0 Å². The number of alkyl halides is 1. The highest BCUT2D eigenvalue weighted by molar-refractivity contribution is 6.31. The maximum Gasteiger partial charge on any atom is 0.144 e. The van der Waals surface area contributed by atoms with Crippen LogP contribution in [0.5, 0.6) is 0 Å². The van der Waals surface area contributed by atoms with Gasteiger partial charge >= 0.3 is 0 Å². The Hall–Kier alpha value is -0.800. The summed E-state index contributed by atoms with van der Waals surface area (Å²) in [6.45, 7) is 6.15. The van der Waals surface area contributed by atoms with E-state index in [0.717, 1.165) is 30.6 Å². The van der Waals surface area contributed by atoms with Crippen LogP contribution in [0.1, 0.15) is 57.3 Å². The van der Waals surface area contributed by atoms with Crippen LogP contribution in [0.3, 0.4) is 0 Å². The van der Waals surface area contributed by atoms with Crippen LogP contribution in [0.25, 0.3) is 11.0 Å². The molecule has 1 aromatic carbocycles. The largest absolute Gasteiger partial charge is 0.324 e. The Bertz CT molecular complexity index is 607. The van der Waals surface area contributed by atoms with Crippen LogP contribution in [0.15, 0.2) is 12.1 Å². The first-order valence-corrected chi connectivity index (χ1v) is 7.81. The molecule has 0 saturated heterocycles. The fourth-order valence-electron chi connectivity index (χ4n) is 2.62. The SMILES string of the molecule is CCCC(CC)n1c(C(C)Cl)nc2cc(Cl)c(F)cc21. The van der Waals surface area contributed by atoms with Gasteiger partial charge in [0.15, 0.2) is 0 Å². The lowest BCUT2D eigenvalue weighted by atomic mass is 10.1. The zero-order chi connectivity index (χ0) is 14.9. The summed E-state index contributed by atoms with van der Waals surface area (Å²) in [7, 11) is 0. The molecule has 0 bridgehead atoms. The van der Waals surface area contributed by atoms with E-state index in [1.807, 2.05) is 6.92 Å². The maximum absolute atomic E-state index is 13.8. The molecule has 0 aliphatic rings. The molecule has 0 fully saturated rings. The predicted octanol–water partition coefficient (Wildman–Crippen LogP) is 5.88. The molecule has 2 atom stereocenters. The molecular formula is C15H19Cl2FN2. The van der Waals surface area contributed by atoms with E-state index in [1.54, 1.807) is 6.07 Å².